The molecule has 0 saturated heterocycles. The van der Waals surface area contributed by atoms with Gasteiger partial charge in [0.2, 0.25) is 0 Å². The predicted octanol–water partition coefficient (Wildman–Crippen LogP) is 3.09. The van der Waals surface area contributed by atoms with Crippen molar-refractivity contribution in [2.24, 2.45) is 0 Å². The lowest BCUT2D eigenvalue weighted by molar-refractivity contribution is 0.103. The van der Waals surface area contributed by atoms with Crippen LogP contribution >= 0.6 is 27.3 Å². The number of amides is 1. The molecule has 1 aromatic carbocycles. The Morgan fingerprint density at radius 1 is 1.47 bits per heavy atom. The highest BCUT2D eigenvalue weighted by molar-refractivity contribution is 9.10. The maximum absolute atomic E-state index is 12.1. The molecule has 2 aromatic rings. The molecule has 1 aromatic heterocycles. The van der Waals surface area contributed by atoms with E-state index in [1.165, 1.54) is 11.3 Å². The van der Waals surface area contributed by atoms with E-state index in [4.69, 9.17) is 5.73 Å². The number of halogens is 1. The summed E-state index contributed by atoms with van der Waals surface area (Å²) in [5.74, 6) is -0.0106. The van der Waals surface area contributed by atoms with Crippen LogP contribution < -0.4 is 16.4 Å². The highest BCUT2D eigenvalue weighted by atomic mass is 79.9. The number of aryl methyl sites for hydroxylation is 1. The highest BCUT2D eigenvalue weighted by Gasteiger charge is 2.16. The quantitative estimate of drug-likeness (QED) is 0.801. The molecule has 0 atom stereocenters. The van der Waals surface area contributed by atoms with E-state index in [0.717, 1.165) is 15.7 Å². The third kappa shape index (κ3) is 3.05. The lowest BCUT2D eigenvalue weighted by atomic mass is 10.2. The van der Waals surface area contributed by atoms with Gasteiger partial charge in [-0.1, -0.05) is 27.3 Å². The van der Waals surface area contributed by atoms with E-state index in [2.05, 4.69) is 31.5 Å². The molecule has 4 N–H and O–H groups in total. The molecule has 0 aliphatic heterocycles. The van der Waals surface area contributed by atoms with Crippen molar-refractivity contribution >= 4 is 49.8 Å². The van der Waals surface area contributed by atoms with Gasteiger partial charge in [0.15, 0.2) is 5.13 Å². The monoisotopic (exact) mass is 340 g/mol. The minimum atomic E-state index is -0.248. The van der Waals surface area contributed by atoms with Crippen LogP contribution in [0.15, 0.2) is 22.7 Å². The van der Waals surface area contributed by atoms with Crippen LogP contribution in [0.3, 0.4) is 0 Å². The number of hydrogen-bond donors (Lipinski definition) is 3. The molecule has 0 fully saturated rings. The summed E-state index contributed by atoms with van der Waals surface area (Å²) >= 11 is 4.61. The summed E-state index contributed by atoms with van der Waals surface area (Å²) in [5.41, 5.74) is 7.45. The fraction of sp³-hybridized carbons (Fsp3) is 0.167. The van der Waals surface area contributed by atoms with Crippen LogP contribution in [0.4, 0.5) is 16.6 Å². The summed E-state index contributed by atoms with van der Waals surface area (Å²) in [6.45, 7) is 1.93. The van der Waals surface area contributed by atoms with Gasteiger partial charge >= 0.3 is 0 Å². The van der Waals surface area contributed by atoms with Crippen LogP contribution in [0, 0.1) is 6.92 Å². The number of nitrogen functional groups attached to an aromatic ring is 1. The average Bonchev–Trinajstić information content (AvgIpc) is 2.74. The molecule has 7 heteroatoms. The number of thiazole rings is 1. The van der Waals surface area contributed by atoms with Gasteiger partial charge in [-0.15, -0.1) is 0 Å². The number of hydrogen-bond acceptors (Lipinski definition) is 5. The van der Waals surface area contributed by atoms with Crippen LogP contribution in [0.1, 0.15) is 15.2 Å². The number of nitrogens with two attached hydrogens (primary N) is 1. The van der Waals surface area contributed by atoms with E-state index < -0.39 is 0 Å². The fourth-order valence-electron chi connectivity index (χ4n) is 1.55. The highest BCUT2D eigenvalue weighted by Crippen LogP contribution is 2.26. The Labute approximate surface area is 123 Å². The fourth-order valence-corrected chi connectivity index (χ4v) is 2.76. The number of anilines is 3. The number of benzene rings is 1. The van der Waals surface area contributed by atoms with Crippen LogP contribution in [0.2, 0.25) is 0 Å². The van der Waals surface area contributed by atoms with E-state index in [1.807, 2.05) is 25.1 Å². The Morgan fingerprint density at radius 2 is 2.21 bits per heavy atom. The minimum absolute atomic E-state index is 0.238. The maximum atomic E-state index is 12.1. The molecule has 100 valence electrons. The van der Waals surface area contributed by atoms with Gasteiger partial charge < -0.3 is 16.4 Å². The van der Waals surface area contributed by atoms with Gasteiger partial charge in [0.1, 0.15) is 10.7 Å². The number of rotatable bonds is 3. The smallest absolute Gasteiger partial charge is 0.269 e. The van der Waals surface area contributed by atoms with E-state index in [9.17, 15) is 4.79 Å². The summed E-state index contributed by atoms with van der Waals surface area (Å²) in [4.78, 5) is 16.6. The summed E-state index contributed by atoms with van der Waals surface area (Å²) in [7, 11) is 1.73. The zero-order chi connectivity index (χ0) is 14.0. The van der Waals surface area contributed by atoms with Crippen molar-refractivity contribution in [2.45, 2.75) is 6.92 Å². The van der Waals surface area contributed by atoms with Gasteiger partial charge in [-0.3, -0.25) is 4.79 Å². The molecule has 0 unspecified atom stereocenters. The van der Waals surface area contributed by atoms with Gasteiger partial charge in [0, 0.05) is 17.2 Å². The Morgan fingerprint density at radius 3 is 2.79 bits per heavy atom. The van der Waals surface area contributed by atoms with Gasteiger partial charge in [0.25, 0.3) is 5.91 Å². The number of carbonyl (C=O) groups is 1. The Kier molecular flexibility index (Phi) is 4.06. The molecule has 0 aliphatic rings. The third-order valence-electron chi connectivity index (χ3n) is 2.51. The van der Waals surface area contributed by atoms with Gasteiger partial charge in [-0.05, 0) is 30.7 Å². The largest absolute Gasteiger partial charge is 0.382 e. The molecule has 1 heterocycles. The SMILES string of the molecule is CNc1nc(N)c(C(=O)Nc2ccc(Br)cc2C)s1. The van der Waals surface area contributed by atoms with E-state index in [-0.39, 0.29) is 11.7 Å². The number of carbonyl (C=O) groups excluding carboxylic acids is 1. The number of aromatic nitrogens is 1. The van der Waals surface area contributed by atoms with Gasteiger partial charge in [-0.25, -0.2) is 4.98 Å². The molecule has 0 spiro atoms. The second-order valence-electron chi connectivity index (χ2n) is 3.90. The first-order valence-corrected chi connectivity index (χ1v) is 7.13. The van der Waals surface area contributed by atoms with Crippen molar-refractivity contribution in [3.05, 3.63) is 33.1 Å². The summed E-state index contributed by atoms with van der Waals surface area (Å²) in [6, 6.07) is 5.65. The minimum Gasteiger partial charge on any atom is -0.382 e. The lowest BCUT2D eigenvalue weighted by Crippen LogP contribution is -2.13. The van der Waals surface area contributed by atoms with Crippen molar-refractivity contribution in [3.63, 3.8) is 0 Å². The molecular weight excluding hydrogens is 328 g/mol. The zero-order valence-electron chi connectivity index (χ0n) is 10.5. The van der Waals surface area contributed by atoms with Crippen molar-refractivity contribution < 1.29 is 4.79 Å². The molecule has 0 bridgehead atoms. The second-order valence-corrected chi connectivity index (χ2v) is 5.81. The Bertz CT molecular complexity index is 626. The van der Waals surface area contributed by atoms with Crippen LogP contribution in [-0.4, -0.2) is 17.9 Å². The first kappa shape index (κ1) is 13.8. The second kappa shape index (κ2) is 5.58. The summed E-state index contributed by atoms with van der Waals surface area (Å²) in [6.07, 6.45) is 0. The van der Waals surface area contributed by atoms with E-state index in [1.54, 1.807) is 7.05 Å². The normalized spacial score (nSPS) is 10.3. The van der Waals surface area contributed by atoms with Crippen molar-refractivity contribution in [3.8, 4) is 0 Å². The van der Waals surface area contributed by atoms with Crippen LogP contribution in [-0.2, 0) is 0 Å². The molecule has 5 nitrogen and oxygen atoms in total. The molecular formula is C12H13BrN4OS. The lowest BCUT2D eigenvalue weighted by Gasteiger charge is -2.07. The standard InChI is InChI=1S/C12H13BrN4OS/c1-6-5-7(13)3-4-8(6)16-11(18)9-10(14)17-12(15-2)19-9/h3-5H,14H2,1-2H3,(H,15,17)(H,16,18). The molecule has 0 radical (unpaired) electrons. The van der Waals surface area contributed by atoms with Crippen LogP contribution in [0.25, 0.3) is 0 Å². The third-order valence-corrected chi connectivity index (χ3v) is 4.09. The first-order chi connectivity index (χ1) is 9.01. The van der Waals surface area contributed by atoms with Gasteiger partial charge in [-0.2, -0.15) is 0 Å². The van der Waals surface area contributed by atoms with Crippen molar-refractivity contribution in [2.75, 3.05) is 23.4 Å². The molecule has 19 heavy (non-hydrogen) atoms. The Balaban J connectivity index is 2.23. The number of nitrogens with one attached hydrogen (secondary N) is 2. The molecule has 0 aliphatic carbocycles. The molecule has 0 saturated carbocycles. The van der Waals surface area contributed by atoms with E-state index >= 15 is 0 Å². The van der Waals surface area contributed by atoms with Crippen molar-refractivity contribution in [1.82, 2.24) is 4.98 Å². The summed E-state index contributed by atoms with van der Waals surface area (Å²) < 4.78 is 0.970. The Hall–Kier alpha value is -1.60. The van der Waals surface area contributed by atoms with Crippen molar-refractivity contribution in [1.29, 1.82) is 0 Å². The first-order valence-electron chi connectivity index (χ1n) is 5.53. The average molecular weight is 341 g/mol. The molecule has 2 rings (SSSR count). The van der Waals surface area contributed by atoms with Gasteiger partial charge in [0.05, 0.1) is 0 Å². The predicted molar refractivity (Wildman–Crippen MR) is 82.9 cm³/mol. The topological polar surface area (TPSA) is 80.0 Å². The number of nitrogens with zero attached hydrogens (tertiary/aromatic N) is 1. The summed E-state index contributed by atoms with van der Waals surface area (Å²) in [5, 5.41) is 6.32. The van der Waals surface area contributed by atoms with Crippen LogP contribution in [0.5, 0.6) is 0 Å². The maximum Gasteiger partial charge on any atom is 0.269 e. The zero-order valence-corrected chi connectivity index (χ0v) is 12.9. The molecule has 1 amide bonds. The van der Waals surface area contributed by atoms with E-state index in [0.29, 0.717) is 10.0 Å².